The summed E-state index contributed by atoms with van der Waals surface area (Å²) in [5.41, 5.74) is 9.31. The van der Waals surface area contributed by atoms with Crippen LogP contribution in [0.4, 0.5) is 5.82 Å². The maximum Gasteiger partial charge on any atom is 0.361 e. The largest absolute Gasteiger partial charge is 0.461 e. The molecule has 2 aliphatic rings. The number of ether oxygens (including phenoxy) is 1. The van der Waals surface area contributed by atoms with Crippen molar-refractivity contribution in [3.05, 3.63) is 82.2 Å². The molecular formula is C26H25N8O5+. The van der Waals surface area contributed by atoms with Gasteiger partial charge in [0.1, 0.15) is 18.3 Å². The number of aromatic nitrogens is 5. The normalized spacial score (nSPS) is 18.2. The zero-order valence-corrected chi connectivity index (χ0v) is 21.0. The van der Waals surface area contributed by atoms with Gasteiger partial charge in [-0.1, -0.05) is 41.6 Å². The first kappa shape index (κ1) is 24.4. The minimum Gasteiger partial charge on any atom is -0.461 e. The lowest BCUT2D eigenvalue weighted by atomic mass is 9.92. The van der Waals surface area contributed by atoms with E-state index < -0.39 is 5.97 Å². The molecule has 0 fully saturated rings. The minimum absolute atomic E-state index is 0.0156. The fourth-order valence-electron chi connectivity index (χ4n) is 5.36. The first-order valence-corrected chi connectivity index (χ1v) is 12.6. The Kier molecular flexibility index (Phi) is 6.11. The molecule has 4 aromatic rings. The van der Waals surface area contributed by atoms with Crippen molar-refractivity contribution in [1.82, 2.24) is 30.2 Å². The van der Waals surface area contributed by atoms with Crippen LogP contribution in [-0.2, 0) is 17.7 Å². The van der Waals surface area contributed by atoms with Crippen LogP contribution in [0.15, 0.2) is 53.2 Å². The van der Waals surface area contributed by atoms with Crippen LogP contribution in [0.1, 0.15) is 61.0 Å². The molecule has 0 saturated heterocycles. The Labute approximate surface area is 222 Å². The van der Waals surface area contributed by atoms with Crippen molar-refractivity contribution in [1.29, 1.82) is 0 Å². The first-order valence-electron chi connectivity index (χ1n) is 12.6. The highest BCUT2D eigenvalue weighted by molar-refractivity contribution is 6.21. The number of rotatable bonds is 7. The topological polar surface area (TPSA) is 164 Å². The Morgan fingerprint density at radius 3 is 2.51 bits per heavy atom. The minimum atomic E-state index is -0.637. The standard InChI is InChI=1S/C26H24N8O5/c1-2-38-26(37)21-20(34(31-28-21)23-22(27)29-39-30-23)13-32-12-11-15-7-3-4-8-16(15)19(32)14-33-24(35)17-9-5-6-10-18(17)25(33)36/h3-10,19H,2,11-14H2,1H3,(H2,27,29)/p+1. The molecule has 0 spiro atoms. The van der Waals surface area contributed by atoms with Crippen LogP contribution in [0.5, 0.6) is 0 Å². The van der Waals surface area contributed by atoms with Crippen LogP contribution in [0, 0.1) is 0 Å². The number of hydrogen-bond donors (Lipinski definition) is 2. The Balaban J connectivity index is 1.39. The second-order valence-corrected chi connectivity index (χ2v) is 9.34. The van der Waals surface area contributed by atoms with Gasteiger partial charge < -0.3 is 15.4 Å². The number of anilines is 1. The third-order valence-electron chi connectivity index (χ3n) is 7.20. The monoisotopic (exact) mass is 529 g/mol. The SMILES string of the molecule is CCOC(=O)c1nnn(-c2nonc2N)c1C[NH+]1CCc2ccccc2C1CN1C(=O)c2ccccc2C1=O. The molecule has 0 saturated carbocycles. The highest BCUT2D eigenvalue weighted by Gasteiger charge is 2.42. The first-order chi connectivity index (χ1) is 19.0. The Hall–Kier alpha value is -4.91. The van der Waals surface area contributed by atoms with Crippen molar-refractivity contribution in [3.63, 3.8) is 0 Å². The number of hydrogen-bond acceptors (Lipinski definition) is 10. The average Bonchev–Trinajstić information content (AvgIpc) is 3.62. The van der Waals surface area contributed by atoms with Crippen molar-refractivity contribution >= 4 is 23.6 Å². The van der Waals surface area contributed by atoms with E-state index in [-0.39, 0.29) is 54.9 Å². The maximum atomic E-state index is 13.2. The van der Waals surface area contributed by atoms with E-state index in [1.807, 2.05) is 18.2 Å². The number of carbonyl (C=O) groups excluding carboxylic acids is 3. The molecule has 2 amide bonds. The summed E-state index contributed by atoms with van der Waals surface area (Å²) in [6.45, 7) is 2.92. The number of esters is 1. The highest BCUT2D eigenvalue weighted by Crippen LogP contribution is 2.27. The van der Waals surface area contributed by atoms with Gasteiger partial charge in [-0.25, -0.2) is 9.42 Å². The average molecular weight is 530 g/mol. The third-order valence-corrected chi connectivity index (χ3v) is 7.20. The van der Waals surface area contributed by atoms with Crippen molar-refractivity contribution in [3.8, 4) is 5.82 Å². The molecule has 2 unspecified atom stereocenters. The number of benzene rings is 2. The lowest BCUT2D eigenvalue weighted by Gasteiger charge is -2.36. The van der Waals surface area contributed by atoms with Gasteiger partial charge in [-0.3, -0.25) is 14.5 Å². The number of nitrogens with one attached hydrogen (secondary N) is 1. The van der Waals surface area contributed by atoms with Gasteiger partial charge >= 0.3 is 5.97 Å². The molecule has 3 N–H and O–H groups in total. The van der Waals surface area contributed by atoms with E-state index in [9.17, 15) is 14.4 Å². The second-order valence-electron chi connectivity index (χ2n) is 9.34. The van der Waals surface area contributed by atoms with Crippen LogP contribution in [-0.4, -0.2) is 67.7 Å². The molecule has 2 atom stereocenters. The summed E-state index contributed by atoms with van der Waals surface area (Å²) in [4.78, 5) is 41.6. The molecule has 6 rings (SSSR count). The van der Waals surface area contributed by atoms with Gasteiger partial charge in [-0.2, -0.15) is 4.68 Å². The quantitative estimate of drug-likeness (QED) is 0.253. The summed E-state index contributed by atoms with van der Waals surface area (Å²) in [5.74, 6) is -1.20. The molecule has 198 valence electrons. The van der Waals surface area contributed by atoms with E-state index in [2.05, 4.69) is 26.7 Å². The van der Waals surface area contributed by atoms with E-state index in [1.54, 1.807) is 31.2 Å². The van der Waals surface area contributed by atoms with Gasteiger partial charge in [0.05, 0.1) is 30.8 Å². The van der Waals surface area contributed by atoms with E-state index in [1.165, 1.54) is 9.58 Å². The van der Waals surface area contributed by atoms with Crippen LogP contribution < -0.4 is 10.6 Å². The number of quaternary nitrogens is 1. The van der Waals surface area contributed by atoms with Crippen LogP contribution in [0.2, 0.25) is 0 Å². The maximum absolute atomic E-state index is 13.2. The molecular weight excluding hydrogens is 504 g/mol. The van der Waals surface area contributed by atoms with Gasteiger partial charge in [0.15, 0.2) is 5.69 Å². The molecule has 0 radical (unpaired) electrons. The summed E-state index contributed by atoms with van der Waals surface area (Å²) in [7, 11) is 0. The molecule has 2 aromatic carbocycles. The number of amides is 2. The zero-order valence-electron chi connectivity index (χ0n) is 21.0. The van der Waals surface area contributed by atoms with Crippen molar-refractivity contribution in [2.24, 2.45) is 0 Å². The summed E-state index contributed by atoms with van der Waals surface area (Å²) < 4.78 is 11.3. The molecule has 0 bridgehead atoms. The fraction of sp³-hybridized carbons (Fsp3) is 0.269. The molecule has 13 heteroatoms. The molecule has 2 aliphatic heterocycles. The predicted molar refractivity (Wildman–Crippen MR) is 134 cm³/mol. The van der Waals surface area contributed by atoms with Gasteiger partial charge in [0.2, 0.25) is 11.6 Å². The Morgan fingerprint density at radius 1 is 1.10 bits per heavy atom. The number of nitrogens with two attached hydrogens (primary N) is 1. The summed E-state index contributed by atoms with van der Waals surface area (Å²) in [6, 6.07) is 14.5. The molecule has 0 aliphatic carbocycles. The van der Waals surface area contributed by atoms with Gasteiger partial charge in [-0.15, -0.1) is 5.10 Å². The predicted octanol–water partition coefficient (Wildman–Crippen LogP) is 0.388. The van der Waals surface area contributed by atoms with Crippen molar-refractivity contribution in [2.45, 2.75) is 25.9 Å². The zero-order chi connectivity index (χ0) is 27.1. The van der Waals surface area contributed by atoms with Crippen LogP contribution >= 0.6 is 0 Å². The molecule has 4 heterocycles. The van der Waals surface area contributed by atoms with Crippen LogP contribution in [0.3, 0.4) is 0 Å². The lowest BCUT2D eigenvalue weighted by molar-refractivity contribution is -0.946. The second kappa shape index (κ2) is 9.76. The Morgan fingerprint density at radius 2 is 1.82 bits per heavy atom. The highest BCUT2D eigenvalue weighted by atomic mass is 16.6. The molecule has 39 heavy (non-hydrogen) atoms. The smallest absolute Gasteiger partial charge is 0.361 e. The van der Waals surface area contributed by atoms with Gasteiger partial charge in [0.25, 0.3) is 11.8 Å². The summed E-state index contributed by atoms with van der Waals surface area (Å²) in [6.07, 6.45) is 0.758. The van der Waals surface area contributed by atoms with Crippen molar-refractivity contribution in [2.75, 3.05) is 25.4 Å². The lowest BCUT2D eigenvalue weighted by Crippen LogP contribution is -3.13. The summed E-state index contributed by atoms with van der Waals surface area (Å²) >= 11 is 0. The number of nitrogen functional groups attached to an aromatic ring is 1. The molecule has 13 nitrogen and oxygen atoms in total. The Bertz CT molecular complexity index is 1560. The van der Waals surface area contributed by atoms with Gasteiger partial charge in [-0.05, 0) is 34.9 Å². The number of fused-ring (bicyclic) bond motifs is 2. The molecule has 2 aromatic heterocycles. The fourth-order valence-corrected chi connectivity index (χ4v) is 5.36. The van der Waals surface area contributed by atoms with E-state index in [0.717, 1.165) is 22.4 Å². The third kappa shape index (κ3) is 4.12. The van der Waals surface area contributed by atoms with E-state index >= 15 is 0 Å². The van der Waals surface area contributed by atoms with Gasteiger partial charge in [0, 0.05) is 12.0 Å². The van der Waals surface area contributed by atoms with E-state index in [4.69, 9.17) is 15.1 Å². The van der Waals surface area contributed by atoms with Crippen LogP contribution in [0.25, 0.3) is 5.82 Å². The number of imide groups is 1. The summed E-state index contributed by atoms with van der Waals surface area (Å²) in [5, 5.41) is 15.6. The van der Waals surface area contributed by atoms with Crippen molar-refractivity contribution < 1.29 is 28.6 Å². The van der Waals surface area contributed by atoms with E-state index in [0.29, 0.717) is 23.4 Å². The number of carbonyl (C=O) groups is 3. The number of nitrogens with zero attached hydrogens (tertiary/aromatic N) is 6.